The van der Waals surface area contributed by atoms with Gasteiger partial charge < -0.3 is 9.84 Å². The van der Waals surface area contributed by atoms with E-state index in [4.69, 9.17) is 16.3 Å². The molecule has 0 fully saturated rings. The first-order chi connectivity index (χ1) is 13.1. The molecule has 6 nitrogen and oxygen atoms in total. The molecule has 8 heteroatoms. The van der Waals surface area contributed by atoms with Gasteiger partial charge in [-0.15, -0.1) is 0 Å². The highest BCUT2D eigenvalue weighted by Gasteiger charge is 2.22. The summed E-state index contributed by atoms with van der Waals surface area (Å²) in [7, 11) is -3.40. The Morgan fingerprint density at radius 1 is 1.00 bits per heavy atom. The molecule has 0 saturated carbocycles. The first-order valence-electron chi connectivity index (χ1n) is 8.32. The van der Waals surface area contributed by atoms with Crippen molar-refractivity contribution in [3.8, 4) is 0 Å². The molecule has 2 aromatic carbocycles. The van der Waals surface area contributed by atoms with Gasteiger partial charge in [0.25, 0.3) is 0 Å². The van der Waals surface area contributed by atoms with E-state index in [1.165, 1.54) is 24.3 Å². The molecular formula is C20H19ClO6S. The number of carbonyl (C=O) groups excluding carboxylic acids is 1. The van der Waals surface area contributed by atoms with E-state index in [0.29, 0.717) is 21.7 Å². The van der Waals surface area contributed by atoms with E-state index < -0.39 is 28.2 Å². The van der Waals surface area contributed by atoms with E-state index in [1.807, 2.05) is 0 Å². The average molecular weight is 423 g/mol. The Bertz CT molecular complexity index is 1010. The van der Waals surface area contributed by atoms with Crippen molar-refractivity contribution in [2.45, 2.75) is 18.2 Å². The van der Waals surface area contributed by atoms with Crippen molar-refractivity contribution in [2.75, 3.05) is 12.9 Å². The molecule has 0 heterocycles. The number of carboxylic acid groups (broad SMARTS) is 1. The molecule has 0 spiro atoms. The minimum atomic E-state index is -3.40. The van der Waals surface area contributed by atoms with E-state index in [0.717, 1.165) is 6.26 Å². The van der Waals surface area contributed by atoms with Gasteiger partial charge in [0.05, 0.1) is 23.5 Å². The van der Waals surface area contributed by atoms with Crippen LogP contribution in [0.4, 0.5) is 0 Å². The highest BCUT2D eigenvalue weighted by Crippen LogP contribution is 2.31. The van der Waals surface area contributed by atoms with Gasteiger partial charge in [0.1, 0.15) is 0 Å². The van der Waals surface area contributed by atoms with Crippen LogP contribution in [0.2, 0.25) is 5.02 Å². The second kappa shape index (κ2) is 9.03. The third-order valence-electron chi connectivity index (χ3n) is 3.86. The van der Waals surface area contributed by atoms with Crippen molar-refractivity contribution in [1.29, 1.82) is 0 Å². The zero-order chi connectivity index (χ0) is 20.9. The van der Waals surface area contributed by atoms with E-state index in [-0.39, 0.29) is 17.1 Å². The van der Waals surface area contributed by atoms with Crippen molar-refractivity contribution >= 4 is 38.9 Å². The van der Waals surface area contributed by atoms with E-state index in [1.54, 1.807) is 31.2 Å². The Kier molecular flexibility index (Phi) is 6.99. The number of rotatable bonds is 7. The highest BCUT2D eigenvalue weighted by molar-refractivity contribution is 7.90. The SMILES string of the molecule is CCOC(=O)C(CC(=O)O)=C(c1ccc(Cl)cc1)c1ccc(S(C)(=O)=O)cc1. The zero-order valence-electron chi connectivity index (χ0n) is 15.3. The maximum absolute atomic E-state index is 12.5. The molecule has 0 aliphatic carbocycles. The smallest absolute Gasteiger partial charge is 0.335 e. The minimum absolute atomic E-state index is 0.0382. The van der Waals surface area contributed by atoms with Crippen molar-refractivity contribution in [3.05, 3.63) is 70.3 Å². The van der Waals surface area contributed by atoms with Crippen LogP contribution in [0.1, 0.15) is 24.5 Å². The first-order valence-corrected chi connectivity index (χ1v) is 10.6. The summed E-state index contributed by atoms with van der Waals surface area (Å²) < 4.78 is 28.5. The van der Waals surface area contributed by atoms with Crippen LogP contribution in [0.5, 0.6) is 0 Å². The number of benzene rings is 2. The number of hydrogen-bond acceptors (Lipinski definition) is 5. The molecule has 0 radical (unpaired) electrons. The summed E-state index contributed by atoms with van der Waals surface area (Å²) >= 11 is 5.94. The Hall–Kier alpha value is -2.64. The van der Waals surface area contributed by atoms with E-state index in [9.17, 15) is 23.1 Å². The Morgan fingerprint density at radius 2 is 1.50 bits per heavy atom. The van der Waals surface area contributed by atoms with E-state index >= 15 is 0 Å². The number of esters is 1. The zero-order valence-corrected chi connectivity index (χ0v) is 16.9. The molecule has 0 unspecified atom stereocenters. The number of sulfone groups is 1. The van der Waals surface area contributed by atoms with Gasteiger partial charge in [0, 0.05) is 11.3 Å². The molecule has 2 rings (SSSR count). The minimum Gasteiger partial charge on any atom is -0.481 e. The van der Waals surface area contributed by atoms with Gasteiger partial charge in [-0.1, -0.05) is 35.9 Å². The van der Waals surface area contributed by atoms with Crippen molar-refractivity contribution in [2.24, 2.45) is 0 Å². The molecule has 2 aromatic rings. The fourth-order valence-corrected chi connectivity index (χ4v) is 3.39. The van der Waals surface area contributed by atoms with Crippen LogP contribution < -0.4 is 0 Å². The van der Waals surface area contributed by atoms with Crippen molar-refractivity contribution < 1.29 is 27.9 Å². The first kappa shape index (κ1) is 21.7. The number of hydrogen-bond donors (Lipinski definition) is 1. The van der Waals surface area contributed by atoms with Gasteiger partial charge >= 0.3 is 11.9 Å². The fourth-order valence-electron chi connectivity index (χ4n) is 2.63. The third-order valence-corrected chi connectivity index (χ3v) is 5.24. The molecule has 28 heavy (non-hydrogen) atoms. The maximum Gasteiger partial charge on any atom is 0.335 e. The summed E-state index contributed by atoms with van der Waals surface area (Å²) in [5.41, 5.74) is 1.35. The van der Waals surface area contributed by atoms with Crippen LogP contribution in [0, 0.1) is 0 Å². The lowest BCUT2D eigenvalue weighted by atomic mass is 9.91. The lowest BCUT2D eigenvalue weighted by molar-refractivity contribution is -0.142. The summed E-state index contributed by atoms with van der Waals surface area (Å²) in [6.45, 7) is 1.71. The lowest BCUT2D eigenvalue weighted by Gasteiger charge is -2.15. The number of aliphatic carboxylic acids is 1. The van der Waals surface area contributed by atoms with Gasteiger partial charge in [0.2, 0.25) is 0 Å². The van der Waals surface area contributed by atoms with Crippen LogP contribution in [-0.2, 0) is 24.2 Å². The maximum atomic E-state index is 12.5. The Morgan fingerprint density at radius 3 is 1.93 bits per heavy atom. The molecule has 0 atom stereocenters. The van der Waals surface area contributed by atoms with Gasteiger partial charge in [-0.25, -0.2) is 13.2 Å². The van der Waals surface area contributed by atoms with Gasteiger partial charge in [-0.2, -0.15) is 0 Å². The molecule has 0 bridgehead atoms. The fraction of sp³-hybridized carbons (Fsp3) is 0.200. The van der Waals surface area contributed by atoms with Crippen LogP contribution >= 0.6 is 11.6 Å². The summed E-state index contributed by atoms with van der Waals surface area (Å²) in [5.74, 6) is -1.94. The molecular weight excluding hydrogens is 404 g/mol. The molecule has 0 aliphatic rings. The Labute approximate surface area is 168 Å². The summed E-state index contributed by atoms with van der Waals surface area (Å²) in [6.07, 6.45) is 0.539. The standard InChI is InChI=1S/C20H19ClO6S/c1-3-27-20(24)17(12-18(22)23)19(13-4-8-15(21)9-5-13)14-6-10-16(11-7-14)28(2,25)26/h4-11H,3,12H2,1-2H3,(H,22,23). The second-order valence-corrected chi connectivity index (χ2v) is 8.40. The van der Waals surface area contributed by atoms with Crippen LogP contribution in [0.25, 0.3) is 5.57 Å². The molecule has 0 saturated heterocycles. The number of halogens is 1. The molecule has 0 aliphatic heterocycles. The third kappa shape index (κ3) is 5.43. The topological polar surface area (TPSA) is 97.7 Å². The van der Waals surface area contributed by atoms with Gasteiger partial charge in [0.15, 0.2) is 9.84 Å². The largest absolute Gasteiger partial charge is 0.481 e. The number of ether oxygens (including phenoxy) is 1. The van der Waals surface area contributed by atoms with Crippen LogP contribution in [0.15, 0.2) is 59.0 Å². The molecule has 1 N–H and O–H groups in total. The lowest BCUT2D eigenvalue weighted by Crippen LogP contribution is -2.14. The normalized spacial score (nSPS) is 12.2. The monoisotopic (exact) mass is 422 g/mol. The van der Waals surface area contributed by atoms with Crippen molar-refractivity contribution in [3.63, 3.8) is 0 Å². The van der Waals surface area contributed by atoms with Crippen LogP contribution in [-0.4, -0.2) is 38.3 Å². The van der Waals surface area contributed by atoms with Crippen LogP contribution in [0.3, 0.4) is 0 Å². The molecule has 0 amide bonds. The number of carbonyl (C=O) groups is 2. The van der Waals surface area contributed by atoms with E-state index in [2.05, 4.69) is 0 Å². The quantitative estimate of drug-likeness (QED) is 0.541. The predicted molar refractivity (Wildman–Crippen MR) is 106 cm³/mol. The van der Waals surface area contributed by atoms with Crippen molar-refractivity contribution in [1.82, 2.24) is 0 Å². The molecule has 0 aromatic heterocycles. The summed E-state index contributed by atoms with van der Waals surface area (Å²) in [4.78, 5) is 24.0. The Balaban J connectivity index is 2.75. The highest BCUT2D eigenvalue weighted by atomic mass is 35.5. The average Bonchev–Trinajstić information content (AvgIpc) is 2.62. The second-order valence-electron chi connectivity index (χ2n) is 5.95. The molecule has 148 valence electrons. The summed E-state index contributed by atoms with van der Waals surface area (Å²) in [5, 5.41) is 9.77. The van der Waals surface area contributed by atoms with Gasteiger partial charge in [-0.05, 0) is 47.9 Å². The number of carboxylic acids is 1. The predicted octanol–water partition coefficient (Wildman–Crippen LogP) is 3.58. The van der Waals surface area contributed by atoms with Gasteiger partial charge in [-0.3, -0.25) is 4.79 Å². The summed E-state index contributed by atoms with van der Waals surface area (Å²) in [6, 6.07) is 12.4.